The molecule has 4 amide bonds. The van der Waals surface area contributed by atoms with Crippen molar-refractivity contribution in [1.82, 2.24) is 21.3 Å². The number of nitrogens with one attached hydrogen (secondary N) is 4. The zero-order chi connectivity index (χ0) is 81.1. The number of aliphatic hydroxyl groups is 23. The van der Waals surface area contributed by atoms with Crippen molar-refractivity contribution >= 4 is 23.6 Å². The molecule has 0 saturated carbocycles. The van der Waals surface area contributed by atoms with Gasteiger partial charge in [-0.2, -0.15) is 0 Å². The molecular formula is C62H104N4O44. The number of hydrogen-bond donors (Lipinski definition) is 27. The molecule has 45 atom stereocenters. The van der Waals surface area contributed by atoms with Gasteiger partial charge in [0.2, 0.25) is 23.6 Å². The Kier molecular flexibility index (Phi) is 32.0. The number of amides is 4. The summed E-state index contributed by atoms with van der Waals surface area (Å²) in [6.07, 6.45) is -82.9. The van der Waals surface area contributed by atoms with Gasteiger partial charge in [-0.05, 0) is 13.8 Å². The molecule has 9 saturated heterocycles. The molecule has 0 aromatic carbocycles. The van der Waals surface area contributed by atoms with Gasteiger partial charge >= 0.3 is 0 Å². The molecule has 0 aromatic heterocycles. The lowest BCUT2D eigenvalue weighted by atomic mass is 9.93. The summed E-state index contributed by atoms with van der Waals surface area (Å²) in [6.45, 7) is -1.27. The zero-order valence-corrected chi connectivity index (χ0v) is 59.8. The van der Waals surface area contributed by atoms with E-state index >= 15 is 0 Å². The van der Waals surface area contributed by atoms with Gasteiger partial charge in [0.15, 0.2) is 56.6 Å². The predicted molar refractivity (Wildman–Crippen MR) is 341 cm³/mol. The molecule has 48 heteroatoms. The van der Waals surface area contributed by atoms with Crippen molar-refractivity contribution in [1.29, 1.82) is 0 Å². The standard InChI is InChI=1S/C62H104N4O44/c1-14-31(77)39(85)44(90)59(95-14)107-50-29(65-18(5)75)54(93)97-24(11-71)48(50)105-56-28(64-17(4)74)38(84)47(23(10-70)101-56)104-61-46(92)52(36(82)26(103-61)13-94-58-43(89)41(87)34(80)21(8-68)99-58)109-62-53(42(88)35(81)22(9-69)100-62)110-57-30(66-19(6)76)51(108-60-45(91)40(86)32(78)15(2)96-60)49(25(12-72)102-57)106-55-27(63-16(3)73)37(83)33(79)20(7-67)98-55/h14-15,20-62,67-72,77-93H,7-13H2,1-6H3,(H,63,73)(H,64,74)(H,65,75)(H,66,76)/t14-,15-,20+,21+,22+,23+,24+,25+,26+,27+,28+,29+,30+,31+,32+,33-,34+,35+,36+,37+,38+,39+,40+,41-,42-,43-,44-,45-,46-,47+,48+,49+,50+,51+,52-,53-,54+,55-,56-,57-,58-,59-,60-,61-,62+/m0/s1. The first-order valence-electron chi connectivity index (χ1n) is 35.3. The second-order valence-corrected chi connectivity index (χ2v) is 28.1. The van der Waals surface area contributed by atoms with Gasteiger partial charge in [-0.15, -0.1) is 0 Å². The molecule has 48 nitrogen and oxygen atoms in total. The highest BCUT2D eigenvalue weighted by Crippen LogP contribution is 2.41. The number of ether oxygens (including phenoxy) is 17. The van der Waals surface area contributed by atoms with Gasteiger partial charge in [-0.3, -0.25) is 19.2 Å². The third-order valence-corrected chi connectivity index (χ3v) is 20.3. The van der Waals surface area contributed by atoms with Crippen molar-refractivity contribution in [3.05, 3.63) is 0 Å². The Morgan fingerprint density at radius 2 is 0.573 bits per heavy atom. The quantitative estimate of drug-likeness (QED) is 0.0363. The molecule has 0 bridgehead atoms. The van der Waals surface area contributed by atoms with E-state index in [0.717, 1.165) is 27.7 Å². The zero-order valence-electron chi connectivity index (χ0n) is 59.8. The number of carbonyl (C=O) groups excluding carboxylic acids is 4. The first-order valence-corrected chi connectivity index (χ1v) is 35.3. The molecule has 9 rings (SSSR count). The Hall–Kier alpha value is -3.72. The van der Waals surface area contributed by atoms with Gasteiger partial charge in [0.1, 0.15) is 207 Å². The van der Waals surface area contributed by atoms with Gasteiger partial charge in [0.05, 0.1) is 58.5 Å². The van der Waals surface area contributed by atoms with Crippen LogP contribution in [0.5, 0.6) is 0 Å². The highest BCUT2D eigenvalue weighted by atomic mass is 16.8. The molecule has 9 aliphatic rings. The van der Waals surface area contributed by atoms with Crippen LogP contribution in [-0.4, -0.2) is 463 Å². The average molecular weight is 1610 g/mol. The monoisotopic (exact) mass is 1610 g/mol. The third kappa shape index (κ3) is 19.8. The van der Waals surface area contributed by atoms with E-state index in [-0.39, 0.29) is 0 Å². The molecule has 0 aliphatic carbocycles. The van der Waals surface area contributed by atoms with Gasteiger partial charge < -0.3 is 219 Å². The van der Waals surface area contributed by atoms with E-state index in [9.17, 15) is 137 Å². The minimum atomic E-state index is -2.55. The number of aliphatic hydroxyl groups excluding tert-OH is 23. The van der Waals surface area contributed by atoms with Crippen LogP contribution in [0.1, 0.15) is 41.5 Å². The Morgan fingerprint density at radius 1 is 0.255 bits per heavy atom. The second-order valence-electron chi connectivity index (χ2n) is 28.1. The van der Waals surface area contributed by atoms with Crippen molar-refractivity contribution in [2.24, 2.45) is 0 Å². The fourth-order valence-corrected chi connectivity index (χ4v) is 14.3. The van der Waals surface area contributed by atoms with Gasteiger partial charge in [-0.25, -0.2) is 0 Å². The van der Waals surface area contributed by atoms with E-state index in [2.05, 4.69) is 21.3 Å². The Morgan fingerprint density at radius 3 is 1.05 bits per heavy atom. The molecule has 110 heavy (non-hydrogen) atoms. The average Bonchev–Trinajstić information content (AvgIpc) is 0.762. The third-order valence-electron chi connectivity index (χ3n) is 20.3. The van der Waals surface area contributed by atoms with Crippen LogP contribution in [0.2, 0.25) is 0 Å². The Bertz CT molecular complexity index is 2930. The minimum absolute atomic E-state index is 0.835. The van der Waals surface area contributed by atoms with Gasteiger partial charge in [0, 0.05) is 27.7 Å². The predicted octanol–water partition coefficient (Wildman–Crippen LogP) is -18.0. The highest BCUT2D eigenvalue weighted by molar-refractivity contribution is 5.74. The summed E-state index contributed by atoms with van der Waals surface area (Å²) in [6, 6.07) is -7.46. The minimum Gasteiger partial charge on any atom is -0.394 e. The number of hydrogen-bond acceptors (Lipinski definition) is 44. The Labute approximate surface area is 624 Å². The van der Waals surface area contributed by atoms with Crippen molar-refractivity contribution < 1.29 is 217 Å². The molecule has 0 radical (unpaired) electrons. The lowest BCUT2D eigenvalue weighted by Gasteiger charge is -2.52. The summed E-state index contributed by atoms with van der Waals surface area (Å²) >= 11 is 0. The van der Waals surface area contributed by atoms with E-state index in [1.807, 2.05) is 0 Å². The van der Waals surface area contributed by atoms with Gasteiger partial charge in [-0.1, -0.05) is 0 Å². The van der Waals surface area contributed by atoms with Gasteiger partial charge in [0.25, 0.3) is 0 Å². The largest absolute Gasteiger partial charge is 0.394 e. The molecule has 9 aliphatic heterocycles. The van der Waals surface area contributed by atoms with Crippen LogP contribution in [0.3, 0.4) is 0 Å². The fourth-order valence-electron chi connectivity index (χ4n) is 14.3. The Balaban J connectivity index is 1.07. The smallest absolute Gasteiger partial charge is 0.217 e. The van der Waals surface area contributed by atoms with Crippen LogP contribution in [0.25, 0.3) is 0 Å². The van der Waals surface area contributed by atoms with E-state index in [1.165, 1.54) is 13.8 Å². The van der Waals surface area contributed by atoms with E-state index in [4.69, 9.17) is 80.5 Å². The summed E-state index contributed by atoms with van der Waals surface area (Å²) in [5, 5.41) is 266. The maximum absolute atomic E-state index is 13.5. The van der Waals surface area contributed by atoms with Crippen LogP contribution in [0, 0.1) is 0 Å². The van der Waals surface area contributed by atoms with E-state index < -0.39 is 346 Å². The summed E-state index contributed by atoms with van der Waals surface area (Å²) in [5.41, 5.74) is 0. The lowest BCUT2D eigenvalue weighted by Crippen LogP contribution is -2.72. The molecule has 0 spiro atoms. The lowest BCUT2D eigenvalue weighted by molar-refractivity contribution is -0.401. The highest BCUT2D eigenvalue weighted by Gasteiger charge is 2.62. The first-order chi connectivity index (χ1) is 51.9. The molecule has 636 valence electrons. The summed E-state index contributed by atoms with van der Waals surface area (Å²) in [5.74, 6) is -3.63. The van der Waals surface area contributed by atoms with Crippen LogP contribution < -0.4 is 21.3 Å². The van der Waals surface area contributed by atoms with Crippen molar-refractivity contribution in [3.8, 4) is 0 Å². The van der Waals surface area contributed by atoms with Crippen LogP contribution >= 0.6 is 0 Å². The topological polar surface area (TPSA) is 739 Å². The van der Waals surface area contributed by atoms with Crippen molar-refractivity contribution in [2.75, 3.05) is 46.2 Å². The normalized spacial score (nSPS) is 49.6. The molecule has 9 heterocycles. The molecule has 0 unspecified atom stereocenters. The fraction of sp³-hybridized carbons (Fsp3) is 0.935. The van der Waals surface area contributed by atoms with Crippen LogP contribution in [-0.2, 0) is 99.7 Å². The number of rotatable bonds is 27. The maximum Gasteiger partial charge on any atom is 0.217 e. The maximum atomic E-state index is 13.5. The second kappa shape index (κ2) is 39.0. The molecule has 27 N–H and O–H groups in total. The summed E-state index contributed by atoms with van der Waals surface area (Å²) < 4.78 is 102. The number of carbonyl (C=O) groups is 4. The van der Waals surface area contributed by atoms with Crippen molar-refractivity contribution in [2.45, 2.75) is 318 Å². The molecule has 9 fully saturated rings. The van der Waals surface area contributed by atoms with E-state index in [0.29, 0.717) is 0 Å². The van der Waals surface area contributed by atoms with E-state index in [1.54, 1.807) is 0 Å². The summed E-state index contributed by atoms with van der Waals surface area (Å²) in [7, 11) is 0. The summed E-state index contributed by atoms with van der Waals surface area (Å²) in [4.78, 5) is 51.9. The first kappa shape index (κ1) is 90.2. The van der Waals surface area contributed by atoms with Crippen LogP contribution in [0.4, 0.5) is 0 Å². The molecule has 0 aromatic rings. The SMILES string of the molecule is CC(=O)N[C@@H]1[C@@H](O[C@@H]2O[C@@H](C)[C@@H](O)[C@@H](O)[C@@H]2O)[C@H](O[C@@H]2O[C@H](CO)[C@@H](O[C@@H]3O[C@H](CO[C@H]4O[C@H](CO)[C@@H](O)[C@H](O)[C@@H]4O)[C@@H](O)[C@H](O[C@H]4O[C@H](CO)[C@@H](O)[C@H](O)[C@@H]4O[C@@H]4O[C@H](CO)[C@@H](O[C@@H]5O[C@H](CO)[C@H](O)[C@H](O)[C@H]5NC(C)=O)[C@H](O[C@@H]5O[C@@H](C)[C@@H](O)[C@@H](O)[C@@H]5O)[C@H]4NC(C)=O)[C@@H]3O)[C@H](O)[C@H]2NC(C)=O)[C@@H](CO)O[C@H]1O. The molecular weight excluding hydrogens is 1500 g/mol. The van der Waals surface area contributed by atoms with Crippen LogP contribution in [0.15, 0.2) is 0 Å². The van der Waals surface area contributed by atoms with Crippen molar-refractivity contribution in [3.63, 3.8) is 0 Å².